The summed E-state index contributed by atoms with van der Waals surface area (Å²) in [6, 6.07) is 8.73. The first-order valence-corrected chi connectivity index (χ1v) is 6.99. The summed E-state index contributed by atoms with van der Waals surface area (Å²) in [5.41, 5.74) is 10.6. The number of aromatic nitrogens is 2. The number of hydrogen-bond acceptors (Lipinski definition) is 3. The number of nitrogens with zero attached hydrogens (tertiary/aromatic N) is 2. The number of benzene rings is 1. The zero-order valence-electron chi connectivity index (χ0n) is 11.3. The van der Waals surface area contributed by atoms with Gasteiger partial charge in [-0.1, -0.05) is 31.5 Å². The van der Waals surface area contributed by atoms with E-state index in [1.165, 1.54) is 24.8 Å². The van der Waals surface area contributed by atoms with Crippen LogP contribution in [0.15, 0.2) is 30.6 Å². The van der Waals surface area contributed by atoms with Gasteiger partial charge in [-0.3, -0.25) is 0 Å². The quantitative estimate of drug-likeness (QED) is 0.910. The first-order valence-electron chi connectivity index (χ1n) is 6.99. The molecule has 1 aliphatic rings. The molecule has 98 valence electrons. The fraction of sp³-hybridized carbons (Fsp3) is 0.375. The van der Waals surface area contributed by atoms with E-state index >= 15 is 0 Å². The third kappa shape index (κ3) is 2.21. The zero-order valence-corrected chi connectivity index (χ0v) is 11.3. The maximum atomic E-state index is 5.95. The summed E-state index contributed by atoms with van der Waals surface area (Å²) in [6.45, 7) is 2.09. The van der Waals surface area contributed by atoms with E-state index < -0.39 is 0 Å². The van der Waals surface area contributed by atoms with E-state index in [4.69, 9.17) is 5.73 Å². The van der Waals surface area contributed by atoms with Gasteiger partial charge in [0.15, 0.2) is 0 Å². The van der Waals surface area contributed by atoms with Crippen LogP contribution in [0, 0.1) is 0 Å². The summed E-state index contributed by atoms with van der Waals surface area (Å²) >= 11 is 0. The van der Waals surface area contributed by atoms with Gasteiger partial charge in [0.1, 0.15) is 12.1 Å². The molecule has 0 aliphatic heterocycles. The minimum Gasteiger partial charge on any atom is -0.383 e. The molecule has 1 fully saturated rings. The van der Waals surface area contributed by atoms with E-state index in [1.54, 1.807) is 6.33 Å². The average molecular weight is 253 g/mol. The van der Waals surface area contributed by atoms with Gasteiger partial charge in [0, 0.05) is 11.1 Å². The van der Waals surface area contributed by atoms with Gasteiger partial charge in [0.05, 0.1) is 5.69 Å². The van der Waals surface area contributed by atoms with E-state index in [0.717, 1.165) is 29.2 Å². The first kappa shape index (κ1) is 12.2. The van der Waals surface area contributed by atoms with Gasteiger partial charge in [-0.05, 0) is 36.8 Å². The van der Waals surface area contributed by atoms with Crippen LogP contribution in [-0.2, 0) is 6.42 Å². The molecule has 1 aromatic heterocycles. The molecule has 3 heteroatoms. The molecule has 19 heavy (non-hydrogen) atoms. The fourth-order valence-electron chi connectivity index (χ4n) is 2.70. The van der Waals surface area contributed by atoms with Crippen molar-refractivity contribution in [1.82, 2.24) is 9.97 Å². The monoisotopic (exact) mass is 253 g/mol. The number of hydrogen-bond donors (Lipinski definition) is 1. The van der Waals surface area contributed by atoms with Gasteiger partial charge in [-0.25, -0.2) is 9.97 Å². The second kappa shape index (κ2) is 5.00. The third-order valence-electron chi connectivity index (χ3n) is 4.07. The molecule has 1 aromatic carbocycles. The van der Waals surface area contributed by atoms with Crippen LogP contribution in [0.1, 0.15) is 43.2 Å². The normalized spacial score (nSPS) is 15.2. The standard InChI is InChI=1S/C16H19N3/c1-2-14-15(18-10-19-16(14)17)13-8-4-7-12(9-13)11-5-3-6-11/h4,7-11H,2-3,5-6H2,1H3,(H2,17,18,19). The van der Waals surface area contributed by atoms with Crippen LogP contribution in [0.25, 0.3) is 11.3 Å². The summed E-state index contributed by atoms with van der Waals surface area (Å²) in [5, 5.41) is 0. The molecule has 0 radical (unpaired) electrons. The molecule has 0 atom stereocenters. The molecule has 0 unspecified atom stereocenters. The van der Waals surface area contributed by atoms with Gasteiger partial charge in [-0.2, -0.15) is 0 Å². The van der Waals surface area contributed by atoms with Crippen molar-refractivity contribution in [2.45, 2.75) is 38.5 Å². The van der Waals surface area contributed by atoms with Crippen LogP contribution in [0.2, 0.25) is 0 Å². The van der Waals surface area contributed by atoms with Crippen molar-refractivity contribution in [1.29, 1.82) is 0 Å². The van der Waals surface area contributed by atoms with Gasteiger partial charge in [-0.15, -0.1) is 0 Å². The summed E-state index contributed by atoms with van der Waals surface area (Å²) in [6.07, 6.45) is 6.40. The van der Waals surface area contributed by atoms with Crippen molar-refractivity contribution in [2.75, 3.05) is 5.73 Å². The van der Waals surface area contributed by atoms with Crippen LogP contribution >= 0.6 is 0 Å². The Balaban J connectivity index is 2.04. The van der Waals surface area contributed by atoms with Gasteiger partial charge >= 0.3 is 0 Å². The van der Waals surface area contributed by atoms with E-state index in [0.29, 0.717) is 5.82 Å². The molecular weight excluding hydrogens is 234 g/mol. The second-order valence-corrected chi connectivity index (χ2v) is 5.19. The lowest BCUT2D eigenvalue weighted by Crippen LogP contribution is -2.08. The molecule has 0 bridgehead atoms. The predicted molar refractivity (Wildman–Crippen MR) is 77.9 cm³/mol. The number of nitrogens with two attached hydrogens (primary N) is 1. The summed E-state index contributed by atoms with van der Waals surface area (Å²) in [4.78, 5) is 8.52. The van der Waals surface area contributed by atoms with E-state index in [2.05, 4.69) is 41.2 Å². The van der Waals surface area contributed by atoms with Gasteiger partial charge < -0.3 is 5.73 Å². The molecule has 3 nitrogen and oxygen atoms in total. The largest absolute Gasteiger partial charge is 0.383 e. The zero-order chi connectivity index (χ0) is 13.2. The Morgan fingerprint density at radius 2 is 2.11 bits per heavy atom. The number of anilines is 1. The molecule has 1 aliphatic carbocycles. The first-order chi connectivity index (χ1) is 9.29. The lowest BCUT2D eigenvalue weighted by atomic mass is 9.79. The maximum absolute atomic E-state index is 5.95. The SMILES string of the molecule is CCc1c(N)ncnc1-c1cccc(C2CCC2)c1. The Morgan fingerprint density at radius 1 is 1.26 bits per heavy atom. The minimum atomic E-state index is 0.599. The molecule has 1 heterocycles. The highest BCUT2D eigenvalue weighted by Gasteiger charge is 2.20. The topological polar surface area (TPSA) is 51.8 Å². The van der Waals surface area contributed by atoms with Crippen LogP contribution < -0.4 is 5.73 Å². The van der Waals surface area contributed by atoms with Crippen molar-refractivity contribution in [3.8, 4) is 11.3 Å². The second-order valence-electron chi connectivity index (χ2n) is 5.19. The highest BCUT2D eigenvalue weighted by molar-refractivity contribution is 5.68. The van der Waals surface area contributed by atoms with Crippen LogP contribution in [0.3, 0.4) is 0 Å². The lowest BCUT2D eigenvalue weighted by Gasteiger charge is -2.26. The smallest absolute Gasteiger partial charge is 0.130 e. The summed E-state index contributed by atoms with van der Waals surface area (Å²) < 4.78 is 0. The third-order valence-corrected chi connectivity index (χ3v) is 4.07. The molecule has 1 saturated carbocycles. The van der Waals surface area contributed by atoms with Crippen molar-refractivity contribution in [3.63, 3.8) is 0 Å². The highest BCUT2D eigenvalue weighted by Crippen LogP contribution is 2.37. The number of rotatable bonds is 3. The Bertz CT molecular complexity index is 588. The Labute approximate surface area is 113 Å². The van der Waals surface area contributed by atoms with E-state index in [1.807, 2.05) is 0 Å². The van der Waals surface area contributed by atoms with Gasteiger partial charge in [0.2, 0.25) is 0 Å². The molecule has 3 rings (SSSR count). The van der Waals surface area contributed by atoms with Gasteiger partial charge in [0.25, 0.3) is 0 Å². The van der Waals surface area contributed by atoms with Crippen molar-refractivity contribution >= 4 is 5.82 Å². The maximum Gasteiger partial charge on any atom is 0.130 e. The fourth-order valence-corrected chi connectivity index (χ4v) is 2.70. The Morgan fingerprint density at radius 3 is 2.79 bits per heavy atom. The van der Waals surface area contributed by atoms with E-state index in [9.17, 15) is 0 Å². The van der Waals surface area contributed by atoms with Crippen molar-refractivity contribution < 1.29 is 0 Å². The Hall–Kier alpha value is -1.90. The van der Waals surface area contributed by atoms with Crippen molar-refractivity contribution in [2.24, 2.45) is 0 Å². The van der Waals surface area contributed by atoms with E-state index in [-0.39, 0.29) is 0 Å². The van der Waals surface area contributed by atoms with Crippen LogP contribution in [0.4, 0.5) is 5.82 Å². The highest BCUT2D eigenvalue weighted by atomic mass is 14.9. The predicted octanol–water partition coefficient (Wildman–Crippen LogP) is 3.56. The summed E-state index contributed by atoms with van der Waals surface area (Å²) in [5.74, 6) is 1.34. The molecular formula is C16H19N3. The summed E-state index contributed by atoms with van der Waals surface area (Å²) in [7, 11) is 0. The Kier molecular flexibility index (Phi) is 3.20. The van der Waals surface area contributed by atoms with Crippen LogP contribution in [0.5, 0.6) is 0 Å². The molecule has 0 amide bonds. The molecule has 0 spiro atoms. The average Bonchev–Trinajstić information content (AvgIpc) is 2.37. The lowest BCUT2D eigenvalue weighted by molar-refractivity contribution is 0.420. The molecule has 2 aromatic rings. The minimum absolute atomic E-state index is 0.599. The number of nitrogen functional groups attached to an aromatic ring is 1. The van der Waals surface area contributed by atoms with Crippen LogP contribution in [-0.4, -0.2) is 9.97 Å². The molecule has 2 N–H and O–H groups in total. The molecule has 0 saturated heterocycles. The van der Waals surface area contributed by atoms with Crippen molar-refractivity contribution in [3.05, 3.63) is 41.7 Å².